The first-order chi connectivity index (χ1) is 8.72. The van der Waals surface area contributed by atoms with Gasteiger partial charge in [-0.05, 0) is 36.9 Å². The molecule has 0 unspecified atom stereocenters. The molecule has 0 saturated carbocycles. The molecular weight excluding hydrogens is 227 g/mol. The smallest absolute Gasteiger partial charge is 0.146 e. The zero-order chi connectivity index (χ0) is 13.0. The lowest BCUT2D eigenvalue weighted by atomic mass is 10.2. The van der Waals surface area contributed by atoms with Crippen LogP contribution in [0.25, 0.3) is 0 Å². The van der Waals surface area contributed by atoms with Crippen molar-refractivity contribution in [3.05, 3.63) is 59.9 Å². The van der Waals surface area contributed by atoms with E-state index in [9.17, 15) is 4.39 Å². The van der Waals surface area contributed by atoms with E-state index in [1.807, 2.05) is 49.3 Å². The van der Waals surface area contributed by atoms with Gasteiger partial charge in [-0.15, -0.1) is 0 Å². The van der Waals surface area contributed by atoms with Crippen molar-refractivity contribution in [2.45, 2.75) is 6.54 Å². The molecule has 3 heteroatoms. The van der Waals surface area contributed by atoms with Gasteiger partial charge in [0.25, 0.3) is 0 Å². The summed E-state index contributed by atoms with van der Waals surface area (Å²) in [5, 5.41) is 3.10. The SMILES string of the molecule is CNCc1ccc(N(C)c2ccccc2F)cc1. The average Bonchev–Trinajstić information content (AvgIpc) is 2.40. The van der Waals surface area contributed by atoms with E-state index >= 15 is 0 Å². The lowest BCUT2D eigenvalue weighted by Gasteiger charge is -2.20. The Morgan fingerprint density at radius 3 is 2.33 bits per heavy atom. The first-order valence-electron chi connectivity index (χ1n) is 5.94. The molecule has 2 rings (SSSR count). The highest BCUT2D eigenvalue weighted by Crippen LogP contribution is 2.25. The van der Waals surface area contributed by atoms with Crippen LogP contribution < -0.4 is 10.2 Å². The molecule has 1 N–H and O–H groups in total. The Labute approximate surface area is 107 Å². The summed E-state index contributed by atoms with van der Waals surface area (Å²) in [5.41, 5.74) is 2.77. The molecule has 0 bridgehead atoms. The quantitative estimate of drug-likeness (QED) is 0.887. The molecule has 0 amide bonds. The Morgan fingerprint density at radius 1 is 1.06 bits per heavy atom. The minimum absolute atomic E-state index is 0.209. The van der Waals surface area contributed by atoms with Gasteiger partial charge >= 0.3 is 0 Å². The molecular formula is C15H17FN2. The largest absolute Gasteiger partial charge is 0.342 e. The molecule has 2 nitrogen and oxygen atoms in total. The second-order valence-corrected chi connectivity index (χ2v) is 4.21. The summed E-state index contributed by atoms with van der Waals surface area (Å²) in [5.74, 6) is -0.209. The zero-order valence-electron chi connectivity index (χ0n) is 10.7. The number of halogens is 1. The number of rotatable bonds is 4. The van der Waals surface area contributed by atoms with Crippen molar-refractivity contribution in [3.63, 3.8) is 0 Å². The summed E-state index contributed by atoms with van der Waals surface area (Å²) in [6.45, 7) is 0.837. The fourth-order valence-corrected chi connectivity index (χ4v) is 1.90. The van der Waals surface area contributed by atoms with Crippen LogP contribution >= 0.6 is 0 Å². The third-order valence-corrected chi connectivity index (χ3v) is 2.92. The number of nitrogens with zero attached hydrogens (tertiary/aromatic N) is 1. The Hall–Kier alpha value is -1.87. The van der Waals surface area contributed by atoms with Crippen LogP contribution in [0.2, 0.25) is 0 Å². The second-order valence-electron chi connectivity index (χ2n) is 4.21. The molecule has 0 fully saturated rings. The molecule has 0 radical (unpaired) electrons. The molecule has 0 aromatic heterocycles. The van der Waals surface area contributed by atoms with Gasteiger partial charge in [-0.25, -0.2) is 4.39 Å². The van der Waals surface area contributed by atoms with E-state index in [-0.39, 0.29) is 5.82 Å². The molecule has 2 aromatic rings. The maximum atomic E-state index is 13.7. The molecule has 0 aliphatic rings. The molecule has 0 heterocycles. The number of hydrogen-bond donors (Lipinski definition) is 1. The Bertz CT molecular complexity index is 508. The van der Waals surface area contributed by atoms with Crippen molar-refractivity contribution in [2.75, 3.05) is 19.0 Å². The molecule has 0 atom stereocenters. The van der Waals surface area contributed by atoms with Crippen LogP contribution in [0.5, 0.6) is 0 Å². The van der Waals surface area contributed by atoms with E-state index in [1.165, 1.54) is 11.6 Å². The lowest BCUT2D eigenvalue weighted by Crippen LogP contribution is -2.11. The number of anilines is 2. The van der Waals surface area contributed by atoms with Crippen molar-refractivity contribution >= 4 is 11.4 Å². The molecule has 2 aromatic carbocycles. The van der Waals surface area contributed by atoms with E-state index in [4.69, 9.17) is 0 Å². The van der Waals surface area contributed by atoms with Crippen LogP contribution in [0.3, 0.4) is 0 Å². The van der Waals surface area contributed by atoms with Gasteiger partial charge in [-0.1, -0.05) is 24.3 Å². The third kappa shape index (κ3) is 2.68. The van der Waals surface area contributed by atoms with Crippen LogP contribution in [0.15, 0.2) is 48.5 Å². The lowest BCUT2D eigenvalue weighted by molar-refractivity contribution is 0.627. The molecule has 18 heavy (non-hydrogen) atoms. The predicted molar refractivity (Wildman–Crippen MR) is 73.7 cm³/mol. The topological polar surface area (TPSA) is 15.3 Å². The number of hydrogen-bond acceptors (Lipinski definition) is 2. The second kappa shape index (κ2) is 5.65. The molecule has 94 valence electrons. The predicted octanol–water partition coefficient (Wildman–Crippen LogP) is 3.31. The summed E-state index contributed by atoms with van der Waals surface area (Å²) < 4.78 is 13.7. The van der Waals surface area contributed by atoms with Crippen LogP contribution in [0, 0.1) is 5.82 Å². The molecule has 0 spiro atoms. The maximum Gasteiger partial charge on any atom is 0.146 e. The Kier molecular flexibility index (Phi) is 3.95. The van der Waals surface area contributed by atoms with E-state index in [0.29, 0.717) is 5.69 Å². The molecule has 0 aliphatic heterocycles. The first kappa shape index (κ1) is 12.6. The minimum Gasteiger partial charge on any atom is -0.342 e. The van der Waals surface area contributed by atoms with Gasteiger partial charge in [0.1, 0.15) is 5.82 Å². The molecule has 0 saturated heterocycles. The van der Waals surface area contributed by atoms with E-state index in [1.54, 1.807) is 12.1 Å². The Morgan fingerprint density at radius 2 is 1.72 bits per heavy atom. The van der Waals surface area contributed by atoms with Gasteiger partial charge in [-0.2, -0.15) is 0 Å². The average molecular weight is 244 g/mol. The van der Waals surface area contributed by atoms with Crippen molar-refractivity contribution in [2.24, 2.45) is 0 Å². The normalized spacial score (nSPS) is 10.4. The summed E-state index contributed by atoms with van der Waals surface area (Å²) in [7, 11) is 3.78. The van der Waals surface area contributed by atoms with Crippen molar-refractivity contribution in [3.8, 4) is 0 Å². The van der Waals surface area contributed by atoms with E-state index < -0.39 is 0 Å². The standard InChI is InChI=1S/C15H17FN2/c1-17-11-12-7-9-13(10-8-12)18(2)15-6-4-3-5-14(15)16/h3-10,17H,11H2,1-2H3. The van der Waals surface area contributed by atoms with Gasteiger partial charge in [0.05, 0.1) is 5.69 Å². The van der Waals surface area contributed by atoms with Crippen molar-refractivity contribution in [1.82, 2.24) is 5.32 Å². The van der Waals surface area contributed by atoms with Crippen LogP contribution in [-0.4, -0.2) is 14.1 Å². The highest BCUT2D eigenvalue weighted by Gasteiger charge is 2.08. The summed E-state index contributed by atoms with van der Waals surface area (Å²) >= 11 is 0. The Balaban J connectivity index is 2.23. The fourth-order valence-electron chi connectivity index (χ4n) is 1.90. The third-order valence-electron chi connectivity index (χ3n) is 2.92. The number of nitrogens with one attached hydrogen (secondary N) is 1. The van der Waals surface area contributed by atoms with Crippen molar-refractivity contribution in [1.29, 1.82) is 0 Å². The highest BCUT2D eigenvalue weighted by atomic mass is 19.1. The first-order valence-corrected chi connectivity index (χ1v) is 5.94. The van der Waals surface area contributed by atoms with Gasteiger partial charge in [-0.3, -0.25) is 0 Å². The number of para-hydroxylation sites is 1. The minimum atomic E-state index is -0.209. The van der Waals surface area contributed by atoms with Crippen LogP contribution in [0.4, 0.5) is 15.8 Å². The number of benzene rings is 2. The van der Waals surface area contributed by atoms with E-state index in [2.05, 4.69) is 5.32 Å². The van der Waals surface area contributed by atoms with Gasteiger partial charge in [0.2, 0.25) is 0 Å². The summed E-state index contributed by atoms with van der Waals surface area (Å²) in [6.07, 6.45) is 0. The van der Waals surface area contributed by atoms with Gasteiger partial charge < -0.3 is 10.2 Å². The highest BCUT2D eigenvalue weighted by molar-refractivity contribution is 5.63. The van der Waals surface area contributed by atoms with Crippen LogP contribution in [-0.2, 0) is 6.54 Å². The summed E-state index contributed by atoms with van der Waals surface area (Å²) in [6, 6.07) is 14.9. The monoisotopic (exact) mass is 244 g/mol. The van der Waals surface area contributed by atoms with E-state index in [0.717, 1.165) is 12.2 Å². The summed E-state index contributed by atoms with van der Waals surface area (Å²) in [4.78, 5) is 1.85. The van der Waals surface area contributed by atoms with Crippen molar-refractivity contribution < 1.29 is 4.39 Å². The maximum absolute atomic E-state index is 13.7. The fraction of sp³-hybridized carbons (Fsp3) is 0.200. The van der Waals surface area contributed by atoms with Gasteiger partial charge in [0, 0.05) is 19.3 Å². The molecule has 0 aliphatic carbocycles. The van der Waals surface area contributed by atoms with Gasteiger partial charge in [0.15, 0.2) is 0 Å². The zero-order valence-corrected chi connectivity index (χ0v) is 10.7. The van der Waals surface area contributed by atoms with Crippen LogP contribution in [0.1, 0.15) is 5.56 Å².